The molecule has 122 valence electrons. The summed E-state index contributed by atoms with van der Waals surface area (Å²) in [6.45, 7) is 5.75. The molecule has 0 spiro atoms. The van der Waals surface area contributed by atoms with Crippen LogP contribution >= 0.6 is 0 Å². The van der Waals surface area contributed by atoms with Gasteiger partial charge in [0.05, 0.1) is 12.2 Å². The number of carbonyl (C=O) groups excluding carboxylic acids is 1. The minimum atomic E-state index is -0.752. The first kappa shape index (κ1) is 16.5. The molecule has 1 fully saturated rings. The highest BCUT2D eigenvalue weighted by molar-refractivity contribution is 5.73. The number of carboxylic acid groups (broad SMARTS) is 1. The molecule has 0 aliphatic heterocycles. The van der Waals surface area contributed by atoms with Crippen LogP contribution < -0.4 is 5.32 Å². The van der Waals surface area contributed by atoms with Gasteiger partial charge in [-0.15, -0.1) is 0 Å². The van der Waals surface area contributed by atoms with Crippen molar-refractivity contribution < 1.29 is 14.7 Å². The number of hydrogen-bond acceptors (Lipinski definition) is 3. The van der Waals surface area contributed by atoms with Crippen LogP contribution in [0.3, 0.4) is 0 Å². The smallest absolute Gasteiger partial charge is 0.306 e. The Balaban J connectivity index is 2.25. The maximum Gasteiger partial charge on any atom is 0.306 e. The molecule has 2 rings (SSSR count). The number of hydrogen-bond donors (Lipinski definition) is 3. The molecule has 0 radical (unpaired) electrons. The van der Waals surface area contributed by atoms with Crippen LogP contribution in [0.2, 0.25) is 0 Å². The lowest BCUT2D eigenvalue weighted by atomic mass is 9.83. The second kappa shape index (κ2) is 6.94. The van der Waals surface area contributed by atoms with Gasteiger partial charge in [0.15, 0.2) is 0 Å². The van der Waals surface area contributed by atoms with Crippen molar-refractivity contribution >= 4 is 11.9 Å². The van der Waals surface area contributed by atoms with Gasteiger partial charge in [-0.1, -0.05) is 13.8 Å². The van der Waals surface area contributed by atoms with E-state index < -0.39 is 5.97 Å². The van der Waals surface area contributed by atoms with Crippen LogP contribution in [0.25, 0.3) is 0 Å². The Hall–Kier alpha value is -1.85. The molecule has 1 aliphatic rings. The Morgan fingerprint density at radius 3 is 2.68 bits per heavy atom. The lowest BCUT2D eigenvalue weighted by Crippen LogP contribution is -2.41. The summed E-state index contributed by atoms with van der Waals surface area (Å²) in [6, 6.07) is -0.00449. The molecule has 6 heteroatoms. The second-order valence-electron chi connectivity index (χ2n) is 6.72. The van der Waals surface area contributed by atoms with Gasteiger partial charge in [-0.2, -0.15) is 0 Å². The number of amides is 1. The summed E-state index contributed by atoms with van der Waals surface area (Å²) in [6.07, 6.45) is 5.42. The molecule has 1 aliphatic carbocycles. The van der Waals surface area contributed by atoms with Gasteiger partial charge in [0, 0.05) is 30.8 Å². The summed E-state index contributed by atoms with van der Waals surface area (Å²) in [5, 5.41) is 12.4. The molecule has 1 aromatic heterocycles. The molecular weight excluding hydrogens is 282 g/mol. The summed E-state index contributed by atoms with van der Waals surface area (Å²) in [4.78, 5) is 30.1. The van der Waals surface area contributed by atoms with Crippen LogP contribution in [0.15, 0.2) is 12.5 Å². The zero-order chi connectivity index (χ0) is 16.3. The number of aromatic amines is 1. The first-order valence-corrected chi connectivity index (χ1v) is 7.86. The highest BCUT2D eigenvalue weighted by Crippen LogP contribution is 2.45. The van der Waals surface area contributed by atoms with Crippen LogP contribution in [0, 0.1) is 17.8 Å². The Kier molecular flexibility index (Phi) is 5.21. The zero-order valence-electron chi connectivity index (χ0n) is 13.4. The molecule has 1 aromatic rings. The fraction of sp³-hybridized carbons (Fsp3) is 0.688. The van der Waals surface area contributed by atoms with E-state index >= 15 is 0 Å². The summed E-state index contributed by atoms with van der Waals surface area (Å²) >= 11 is 0. The predicted molar refractivity (Wildman–Crippen MR) is 82.2 cm³/mol. The maximum absolute atomic E-state index is 11.6. The van der Waals surface area contributed by atoms with E-state index in [0.717, 1.165) is 12.1 Å². The van der Waals surface area contributed by atoms with Gasteiger partial charge in [0.2, 0.25) is 5.91 Å². The molecular formula is C16H25N3O3. The summed E-state index contributed by atoms with van der Waals surface area (Å²) in [5.74, 6) is -0.525. The minimum Gasteiger partial charge on any atom is -0.481 e. The SMILES string of the molecule is CC(=O)N[C@@H](CC(C)C)C1C[C@@H](C(=O)O)C[C@H]1c1cnc[nH]1. The monoisotopic (exact) mass is 307 g/mol. The molecule has 3 N–H and O–H groups in total. The molecule has 22 heavy (non-hydrogen) atoms. The van der Waals surface area contributed by atoms with E-state index in [-0.39, 0.29) is 29.7 Å². The minimum absolute atomic E-state index is 0.00449. The van der Waals surface area contributed by atoms with Gasteiger partial charge in [0.1, 0.15) is 0 Å². The van der Waals surface area contributed by atoms with Gasteiger partial charge in [-0.25, -0.2) is 4.98 Å². The molecule has 1 unspecified atom stereocenters. The quantitative estimate of drug-likeness (QED) is 0.750. The number of H-pyrrole nitrogens is 1. The third-order valence-corrected chi connectivity index (χ3v) is 4.51. The molecule has 0 saturated heterocycles. The van der Waals surface area contributed by atoms with Gasteiger partial charge >= 0.3 is 5.97 Å². The fourth-order valence-electron chi connectivity index (χ4n) is 3.65. The van der Waals surface area contributed by atoms with Crippen molar-refractivity contribution in [3.63, 3.8) is 0 Å². The van der Waals surface area contributed by atoms with E-state index in [1.165, 1.54) is 6.92 Å². The van der Waals surface area contributed by atoms with Crippen LogP contribution in [0.1, 0.15) is 51.6 Å². The first-order chi connectivity index (χ1) is 10.4. The molecule has 1 saturated carbocycles. The Morgan fingerprint density at radius 1 is 1.45 bits per heavy atom. The predicted octanol–water partition coefficient (Wildman–Crippen LogP) is 2.15. The van der Waals surface area contributed by atoms with Crippen LogP contribution in [-0.4, -0.2) is 33.0 Å². The first-order valence-electron chi connectivity index (χ1n) is 7.86. The van der Waals surface area contributed by atoms with Crippen LogP contribution in [-0.2, 0) is 9.59 Å². The molecule has 6 nitrogen and oxygen atoms in total. The lowest BCUT2D eigenvalue weighted by Gasteiger charge is -2.30. The molecule has 1 heterocycles. The Morgan fingerprint density at radius 2 is 2.18 bits per heavy atom. The molecule has 0 bridgehead atoms. The highest BCUT2D eigenvalue weighted by atomic mass is 16.4. The van der Waals surface area contributed by atoms with Gasteiger partial charge in [-0.05, 0) is 31.1 Å². The topological polar surface area (TPSA) is 95.1 Å². The van der Waals surface area contributed by atoms with E-state index in [1.807, 2.05) is 0 Å². The number of nitrogens with one attached hydrogen (secondary N) is 2. The fourth-order valence-corrected chi connectivity index (χ4v) is 3.65. The van der Waals surface area contributed by atoms with Crippen molar-refractivity contribution in [2.24, 2.45) is 17.8 Å². The van der Waals surface area contributed by atoms with Crippen molar-refractivity contribution in [3.05, 3.63) is 18.2 Å². The number of imidazole rings is 1. The largest absolute Gasteiger partial charge is 0.481 e. The zero-order valence-corrected chi connectivity index (χ0v) is 13.4. The number of carbonyl (C=O) groups is 2. The van der Waals surface area contributed by atoms with E-state index in [1.54, 1.807) is 12.5 Å². The van der Waals surface area contributed by atoms with Crippen LogP contribution in [0.4, 0.5) is 0 Å². The summed E-state index contributed by atoms with van der Waals surface area (Å²) in [5.41, 5.74) is 0.966. The van der Waals surface area contributed by atoms with Gasteiger partial charge in [0.25, 0.3) is 0 Å². The van der Waals surface area contributed by atoms with Crippen molar-refractivity contribution in [3.8, 4) is 0 Å². The van der Waals surface area contributed by atoms with Crippen molar-refractivity contribution in [1.82, 2.24) is 15.3 Å². The third kappa shape index (κ3) is 3.87. The maximum atomic E-state index is 11.6. The average Bonchev–Trinajstić information content (AvgIpc) is 3.06. The van der Waals surface area contributed by atoms with E-state index in [0.29, 0.717) is 18.8 Å². The standard InChI is InChI=1S/C16H25N3O3/c1-9(2)4-14(19-10(3)20)12-5-11(16(21)22)6-13(12)15-7-17-8-18-15/h7-9,11-14H,4-6H2,1-3H3,(H,17,18)(H,19,20)(H,21,22)/t11-,12?,13-,14+/m1/s1. The molecule has 1 amide bonds. The average molecular weight is 307 g/mol. The summed E-state index contributed by atoms with van der Waals surface area (Å²) in [7, 11) is 0. The van der Waals surface area contributed by atoms with Gasteiger partial charge in [-0.3, -0.25) is 9.59 Å². The molecule has 0 aromatic carbocycles. The van der Waals surface area contributed by atoms with Gasteiger partial charge < -0.3 is 15.4 Å². The van der Waals surface area contributed by atoms with Crippen LogP contribution in [0.5, 0.6) is 0 Å². The van der Waals surface area contributed by atoms with E-state index in [9.17, 15) is 14.7 Å². The third-order valence-electron chi connectivity index (χ3n) is 4.51. The molecule has 4 atom stereocenters. The normalized spacial score (nSPS) is 26.1. The van der Waals surface area contributed by atoms with Crippen molar-refractivity contribution in [2.75, 3.05) is 0 Å². The highest BCUT2D eigenvalue weighted by Gasteiger charge is 2.43. The Labute approximate surface area is 130 Å². The number of rotatable bonds is 6. The van der Waals surface area contributed by atoms with Crippen molar-refractivity contribution in [2.45, 2.75) is 52.0 Å². The number of aliphatic carboxylic acids is 1. The van der Waals surface area contributed by atoms with Crippen molar-refractivity contribution in [1.29, 1.82) is 0 Å². The Bertz CT molecular complexity index is 513. The number of aromatic nitrogens is 2. The number of nitrogens with zero attached hydrogens (tertiary/aromatic N) is 1. The lowest BCUT2D eigenvalue weighted by molar-refractivity contribution is -0.141. The van der Waals surface area contributed by atoms with E-state index in [2.05, 4.69) is 29.1 Å². The number of carboxylic acids is 1. The second-order valence-corrected chi connectivity index (χ2v) is 6.72. The summed E-state index contributed by atoms with van der Waals surface area (Å²) < 4.78 is 0. The van der Waals surface area contributed by atoms with E-state index in [4.69, 9.17) is 0 Å².